The summed E-state index contributed by atoms with van der Waals surface area (Å²) in [5.41, 5.74) is 14.2. The summed E-state index contributed by atoms with van der Waals surface area (Å²) in [6.45, 7) is 7.02. The van der Waals surface area contributed by atoms with E-state index in [4.69, 9.17) is 18.9 Å². The van der Waals surface area contributed by atoms with Gasteiger partial charge in [-0.3, -0.25) is 0 Å². The molecule has 8 heteroatoms. The number of esters is 4. The van der Waals surface area contributed by atoms with Gasteiger partial charge in [0, 0.05) is 12.2 Å². The van der Waals surface area contributed by atoms with Crippen molar-refractivity contribution < 1.29 is 38.1 Å². The van der Waals surface area contributed by atoms with E-state index in [1.807, 2.05) is 78.9 Å². The lowest BCUT2D eigenvalue weighted by molar-refractivity contribution is -0.130. The summed E-state index contributed by atoms with van der Waals surface area (Å²) < 4.78 is 22.2. The van der Waals surface area contributed by atoms with Crippen molar-refractivity contribution in [2.45, 2.75) is 10.8 Å². The molecule has 0 heterocycles. The lowest BCUT2D eigenvalue weighted by atomic mass is 9.67. The average Bonchev–Trinajstić information content (AvgIpc) is 4.13. The summed E-state index contributed by atoms with van der Waals surface area (Å²) in [6.07, 6.45) is 4.37. The van der Waals surface area contributed by atoms with Gasteiger partial charge in [-0.05, 0) is 149 Å². The third-order valence-electron chi connectivity index (χ3n) is 14.6. The molecule has 0 bridgehead atoms. The topological polar surface area (TPSA) is 105 Å². The van der Waals surface area contributed by atoms with Crippen molar-refractivity contribution in [3.8, 4) is 45.3 Å². The second kappa shape index (κ2) is 19.5. The fraction of sp³-hybridized carbons (Fsp3) is 0.0290. The fourth-order valence-electron chi connectivity index (χ4n) is 11.4. The Morgan fingerprint density at radius 1 is 0.325 bits per heavy atom. The fourth-order valence-corrected chi connectivity index (χ4v) is 11.4. The zero-order chi connectivity index (χ0) is 52.7. The minimum absolute atomic E-state index is 0.299. The van der Waals surface area contributed by atoms with E-state index in [9.17, 15) is 19.2 Å². The Hall–Kier alpha value is -10.4. The third kappa shape index (κ3) is 8.23. The first kappa shape index (κ1) is 47.6. The van der Waals surface area contributed by atoms with Crippen LogP contribution in [0.15, 0.2) is 262 Å². The molecule has 0 aromatic heterocycles. The molecule has 0 fully saturated rings. The molecule has 10 aromatic rings. The van der Waals surface area contributed by atoms with Crippen LogP contribution in [0.25, 0.3) is 43.8 Å². The molecule has 8 nitrogen and oxygen atoms in total. The van der Waals surface area contributed by atoms with Gasteiger partial charge in [-0.25, -0.2) is 19.2 Å². The molecule has 77 heavy (non-hydrogen) atoms. The Morgan fingerprint density at radius 3 is 1.00 bits per heavy atom. The maximum atomic E-state index is 13.1. The number of benzene rings is 10. The van der Waals surface area contributed by atoms with Crippen molar-refractivity contribution in [3.63, 3.8) is 0 Å². The first-order chi connectivity index (χ1) is 37.7. The second-order valence-electron chi connectivity index (χ2n) is 18.7. The molecule has 368 valence electrons. The van der Waals surface area contributed by atoms with E-state index in [1.54, 1.807) is 36.4 Å². The number of rotatable bonds is 12. The van der Waals surface area contributed by atoms with Crippen LogP contribution >= 0.6 is 0 Å². The summed E-state index contributed by atoms with van der Waals surface area (Å²) in [6, 6.07) is 72.3. The van der Waals surface area contributed by atoms with Gasteiger partial charge in [0.15, 0.2) is 0 Å². The zero-order valence-electron chi connectivity index (χ0n) is 41.3. The summed E-state index contributed by atoms with van der Waals surface area (Å²) >= 11 is 0. The van der Waals surface area contributed by atoms with Crippen LogP contribution < -0.4 is 18.9 Å². The molecule has 2 aliphatic rings. The number of fused-ring (bicyclic) bond motifs is 8. The van der Waals surface area contributed by atoms with Gasteiger partial charge in [-0.1, -0.05) is 171 Å². The molecule has 2 aliphatic carbocycles. The van der Waals surface area contributed by atoms with Crippen molar-refractivity contribution in [1.82, 2.24) is 0 Å². The largest absolute Gasteiger partial charge is 0.423 e. The molecular formula is C69H44O8. The van der Waals surface area contributed by atoms with Crippen LogP contribution in [0.3, 0.4) is 0 Å². The molecule has 0 aliphatic heterocycles. The van der Waals surface area contributed by atoms with Gasteiger partial charge in [0.2, 0.25) is 0 Å². The van der Waals surface area contributed by atoms with Crippen LogP contribution in [0, 0.1) is 0 Å². The molecule has 0 saturated carbocycles. The Balaban J connectivity index is 0.783. The van der Waals surface area contributed by atoms with Crippen molar-refractivity contribution in [2.24, 2.45) is 0 Å². The van der Waals surface area contributed by atoms with E-state index in [-0.39, 0.29) is 0 Å². The van der Waals surface area contributed by atoms with Gasteiger partial charge in [0.1, 0.15) is 23.0 Å². The quantitative estimate of drug-likeness (QED) is 0.0516. The van der Waals surface area contributed by atoms with Gasteiger partial charge >= 0.3 is 23.9 Å². The van der Waals surface area contributed by atoms with Gasteiger partial charge < -0.3 is 18.9 Å². The minimum atomic E-state index is -0.746. The van der Waals surface area contributed by atoms with Gasteiger partial charge in [-0.15, -0.1) is 5.73 Å². The van der Waals surface area contributed by atoms with Crippen LogP contribution in [-0.2, 0) is 30.0 Å². The van der Waals surface area contributed by atoms with E-state index in [1.165, 1.54) is 0 Å². The molecule has 0 atom stereocenters. The van der Waals surface area contributed by atoms with Crippen LogP contribution in [0.1, 0.15) is 44.5 Å². The van der Waals surface area contributed by atoms with Crippen LogP contribution in [-0.4, -0.2) is 23.9 Å². The number of hydrogen-bond donors (Lipinski definition) is 0. The summed E-state index contributed by atoms with van der Waals surface area (Å²) in [4.78, 5) is 50.2. The highest BCUT2D eigenvalue weighted by molar-refractivity contribution is 5.94. The highest BCUT2D eigenvalue weighted by atomic mass is 16.5. The molecular weight excluding hydrogens is 957 g/mol. The first-order valence-electron chi connectivity index (χ1n) is 24.9. The predicted octanol–water partition coefficient (Wildman–Crippen LogP) is 14.1. The lowest BCUT2D eigenvalue weighted by Gasteiger charge is -2.34. The van der Waals surface area contributed by atoms with E-state index >= 15 is 0 Å². The summed E-state index contributed by atoms with van der Waals surface area (Å²) in [5.74, 6) is -1.04. The number of ether oxygens (including phenoxy) is 4. The summed E-state index contributed by atoms with van der Waals surface area (Å²) in [7, 11) is 0. The van der Waals surface area contributed by atoms with Crippen molar-refractivity contribution in [2.75, 3.05) is 0 Å². The SMILES string of the molecule is C=CC(=O)Oc1ccc(C2(c3ccc(OC(=O)C=C=CC(=O)Oc4ccc5cc(C6(c7ccc8cc(OC(=O)C=C)ccc8c7)c7ccccc7-c7ccccc76)ccc5c4)cc3)c3ccccc3-c3ccccc32)cc1. The van der Waals surface area contributed by atoms with Crippen molar-refractivity contribution in [1.29, 1.82) is 0 Å². The normalized spacial score (nSPS) is 12.9. The molecule has 12 rings (SSSR count). The maximum Gasteiger partial charge on any atom is 0.344 e. The molecule has 0 spiro atoms. The van der Waals surface area contributed by atoms with Crippen LogP contribution in [0.4, 0.5) is 0 Å². The number of carbonyl (C=O) groups is 4. The van der Waals surface area contributed by atoms with E-state index in [0.717, 1.165) is 113 Å². The second-order valence-corrected chi connectivity index (χ2v) is 18.7. The van der Waals surface area contributed by atoms with Crippen molar-refractivity contribution in [3.05, 3.63) is 306 Å². The van der Waals surface area contributed by atoms with Gasteiger partial charge in [0.25, 0.3) is 0 Å². The lowest BCUT2D eigenvalue weighted by Crippen LogP contribution is -2.28. The molecule has 0 radical (unpaired) electrons. The maximum absolute atomic E-state index is 13.1. The standard InChI is InChI=1S/C69H44O8/c1-3-64(70)74-52-36-30-48(31-37-52)68(60-18-9-5-14-56(60)57-15-6-10-19-61(57)68)49-32-38-53(39-33-49)75-66(72)22-13-23-67(73)77-55-35-27-45-41-51(29-25-47(45)43-55)69(62-20-11-7-16-58(62)59-17-8-12-21-63(59)69)50-28-24-46-42-54(76-65(71)4-2)34-26-44(46)40-50/h3-12,14-43H,1-2H2. The minimum Gasteiger partial charge on any atom is -0.423 e. The van der Waals surface area contributed by atoms with Crippen molar-refractivity contribution >= 4 is 45.4 Å². The Kier molecular flexibility index (Phi) is 12.0. The first-order valence-corrected chi connectivity index (χ1v) is 24.9. The molecule has 0 saturated heterocycles. The molecule has 0 unspecified atom stereocenters. The predicted molar refractivity (Wildman–Crippen MR) is 298 cm³/mol. The highest BCUT2D eigenvalue weighted by Gasteiger charge is 2.47. The smallest absolute Gasteiger partial charge is 0.344 e. The number of hydrogen-bond acceptors (Lipinski definition) is 8. The Bertz CT molecular complexity index is 4070. The monoisotopic (exact) mass is 1000 g/mol. The van der Waals surface area contributed by atoms with Crippen LogP contribution in [0.2, 0.25) is 0 Å². The van der Waals surface area contributed by atoms with Gasteiger partial charge in [-0.2, -0.15) is 0 Å². The van der Waals surface area contributed by atoms with E-state index < -0.39 is 34.7 Å². The zero-order valence-corrected chi connectivity index (χ0v) is 41.3. The third-order valence-corrected chi connectivity index (χ3v) is 14.6. The summed E-state index contributed by atoms with van der Waals surface area (Å²) in [5, 5.41) is 3.72. The Morgan fingerprint density at radius 2 is 0.610 bits per heavy atom. The average molecular weight is 1000 g/mol. The van der Waals surface area contributed by atoms with Crippen LogP contribution in [0.5, 0.6) is 23.0 Å². The number of carbonyl (C=O) groups excluding carboxylic acids is 4. The molecule has 10 aromatic carbocycles. The Labute approximate surface area is 443 Å². The van der Waals surface area contributed by atoms with Gasteiger partial charge in [0.05, 0.1) is 23.0 Å². The molecule has 0 amide bonds. The van der Waals surface area contributed by atoms with E-state index in [2.05, 4.69) is 122 Å². The highest BCUT2D eigenvalue weighted by Crippen LogP contribution is 2.58. The molecule has 0 N–H and O–H groups in total. The van der Waals surface area contributed by atoms with E-state index in [0.29, 0.717) is 23.0 Å².